The van der Waals surface area contributed by atoms with Gasteiger partial charge in [0, 0.05) is 26.2 Å². The van der Waals surface area contributed by atoms with Crippen molar-refractivity contribution in [1.29, 1.82) is 0 Å². The maximum Gasteiger partial charge on any atom is 0.323 e. The molecule has 0 bridgehead atoms. The minimum Gasteiger partial charge on any atom is -0.480 e. The third-order valence-electron chi connectivity index (χ3n) is 5.16. The molecule has 0 aliphatic carbocycles. The van der Waals surface area contributed by atoms with Crippen LogP contribution in [0.25, 0.3) is 0 Å². The third kappa shape index (κ3) is 4.03. The van der Waals surface area contributed by atoms with Gasteiger partial charge in [-0.3, -0.25) is 14.9 Å². The quantitative estimate of drug-likeness (QED) is 0.440. The number of amides is 3. The summed E-state index contributed by atoms with van der Waals surface area (Å²) in [6, 6.07) is -0.352. The Morgan fingerprint density at radius 2 is 1.50 bits per heavy atom. The largest absolute Gasteiger partial charge is 0.480 e. The fourth-order valence-corrected chi connectivity index (χ4v) is 3.11. The predicted octanol–water partition coefficient (Wildman–Crippen LogP) is -1.22. The van der Waals surface area contributed by atoms with Gasteiger partial charge in [-0.05, 0) is 39.8 Å². The molecule has 9 nitrogen and oxygen atoms in total. The first kappa shape index (κ1) is 18.6. The molecule has 3 fully saturated rings. The number of nitrogens with one attached hydrogen (secondary N) is 2. The zero-order chi connectivity index (χ0) is 18.0. The van der Waals surface area contributed by atoms with Gasteiger partial charge < -0.3 is 26.0 Å². The number of likely N-dealkylation sites (tertiary alicyclic amines) is 2. The number of aliphatic carboxylic acids is 1. The molecule has 3 saturated heterocycles. The van der Waals surface area contributed by atoms with Crippen molar-refractivity contribution < 1.29 is 19.5 Å². The van der Waals surface area contributed by atoms with Crippen LogP contribution in [0.15, 0.2) is 0 Å². The molecule has 136 valence electrons. The van der Waals surface area contributed by atoms with Gasteiger partial charge in [0.05, 0.1) is 0 Å². The monoisotopic (exact) mass is 341 g/mol. The predicted molar refractivity (Wildman–Crippen MR) is 87.4 cm³/mol. The second-order valence-electron chi connectivity index (χ2n) is 7.06. The number of nitrogens with zero attached hydrogens (tertiary/aromatic N) is 2. The molecule has 3 amide bonds. The Balaban J connectivity index is 0.000000177. The summed E-state index contributed by atoms with van der Waals surface area (Å²) in [5.41, 5.74) is 4.06. The lowest BCUT2D eigenvalue weighted by Gasteiger charge is -2.34. The second kappa shape index (κ2) is 7.04. The van der Waals surface area contributed by atoms with Gasteiger partial charge in [-0.15, -0.1) is 0 Å². The van der Waals surface area contributed by atoms with Crippen molar-refractivity contribution in [3.05, 3.63) is 0 Å². The van der Waals surface area contributed by atoms with Crippen LogP contribution in [0.2, 0.25) is 0 Å². The summed E-state index contributed by atoms with van der Waals surface area (Å²) in [4.78, 5) is 37.3. The van der Waals surface area contributed by atoms with Crippen LogP contribution in [0.3, 0.4) is 0 Å². The van der Waals surface area contributed by atoms with Crippen molar-refractivity contribution in [3.63, 3.8) is 0 Å². The highest BCUT2D eigenvalue weighted by atomic mass is 16.4. The van der Waals surface area contributed by atoms with Gasteiger partial charge >= 0.3 is 12.0 Å². The molecule has 0 aromatic heterocycles. The second-order valence-corrected chi connectivity index (χ2v) is 7.06. The SMILES string of the molecule is CN1CCC(N)(C(=O)O)CC1.CN1CCC2(CC1)NC(=O)NC2=O. The smallest absolute Gasteiger partial charge is 0.323 e. The fourth-order valence-electron chi connectivity index (χ4n) is 3.11. The Labute approximate surface area is 141 Å². The van der Waals surface area contributed by atoms with E-state index in [1.54, 1.807) is 0 Å². The van der Waals surface area contributed by atoms with E-state index in [1.807, 2.05) is 14.1 Å². The maximum absolute atomic E-state index is 11.5. The van der Waals surface area contributed by atoms with Gasteiger partial charge in [0.25, 0.3) is 5.91 Å². The molecule has 0 radical (unpaired) electrons. The van der Waals surface area contributed by atoms with Crippen molar-refractivity contribution in [2.75, 3.05) is 40.3 Å². The number of hydrogen-bond acceptors (Lipinski definition) is 6. The highest BCUT2D eigenvalue weighted by Crippen LogP contribution is 2.24. The van der Waals surface area contributed by atoms with Crippen LogP contribution in [0.5, 0.6) is 0 Å². The molecular weight excluding hydrogens is 314 g/mol. The summed E-state index contributed by atoms with van der Waals surface area (Å²) < 4.78 is 0. The van der Waals surface area contributed by atoms with E-state index < -0.39 is 17.0 Å². The Bertz CT molecular complexity index is 508. The average molecular weight is 341 g/mol. The molecular formula is C15H27N5O4. The normalized spacial score (nSPS) is 26.3. The zero-order valence-electron chi connectivity index (χ0n) is 14.3. The lowest BCUT2D eigenvalue weighted by molar-refractivity contribution is -0.145. The van der Waals surface area contributed by atoms with Crippen LogP contribution in [-0.4, -0.2) is 84.2 Å². The Hall–Kier alpha value is -1.71. The molecule has 5 N–H and O–H groups in total. The minimum atomic E-state index is -0.966. The average Bonchev–Trinajstić information content (AvgIpc) is 2.80. The third-order valence-corrected chi connectivity index (χ3v) is 5.16. The van der Waals surface area contributed by atoms with E-state index in [0.717, 1.165) is 26.2 Å². The Morgan fingerprint density at radius 1 is 1.04 bits per heavy atom. The molecule has 3 aliphatic heterocycles. The summed E-state index contributed by atoms with van der Waals surface area (Å²) in [5, 5.41) is 13.7. The number of carbonyl (C=O) groups is 3. The first-order valence-electron chi connectivity index (χ1n) is 8.20. The number of carbonyl (C=O) groups excluding carboxylic acids is 2. The zero-order valence-corrected chi connectivity index (χ0v) is 14.3. The van der Waals surface area contributed by atoms with Crippen LogP contribution >= 0.6 is 0 Å². The molecule has 1 spiro atoms. The van der Waals surface area contributed by atoms with Gasteiger partial charge in [0.15, 0.2) is 0 Å². The van der Waals surface area contributed by atoms with Gasteiger partial charge in [-0.1, -0.05) is 0 Å². The van der Waals surface area contributed by atoms with Crippen LogP contribution in [0, 0.1) is 0 Å². The van der Waals surface area contributed by atoms with Gasteiger partial charge in [0.2, 0.25) is 0 Å². The summed E-state index contributed by atoms with van der Waals surface area (Å²) in [7, 11) is 3.99. The Kier molecular flexibility index (Phi) is 5.46. The van der Waals surface area contributed by atoms with E-state index in [0.29, 0.717) is 25.7 Å². The summed E-state index contributed by atoms with van der Waals surface area (Å²) in [5.74, 6) is -1.03. The molecule has 0 aromatic carbocycles. The van der Waals surface area contributed by atoms with Crippen molar-refractivity contribution in [2.45, 2.75) is 36.8 Å². The minimum absolute atomic E-state index is 0.161. The summed E-state index contributed by atoms with van der Waals surface area (Å²) >= 11 is 0. The highest BCUT2D eigenvalue weighted by molar-refractivity contribution is 6.07. The number of nitrogens with two attached hydrogens (primary N) is 1. The number of piperidine rings is 2. The van der Waals surface area contributed by atoms with E-state index in [2.05, 4.69) is 20.4 Å². The standard InChI is InChI=1S/C8H13N3O2.C7H14N2O2/c1-11-4-2-8(3-5-11)6(12)9-7(13)10-8;1-9-4-2-7(8,3-5-9)6(10)11/h2-5H2,1H3,(H2,9,10,12,13);2-5,8H2,1H3,(H,10,11). The fraction of sp³-hybridized carbons (Fsp3) is 0.800. The van der Waals surface area contributed by atoms with E-state index >= 15 is 0 Å². The van der Waals surface area contributed by atoms with Gasteiger partial charge in [0.1, 0.15) is 11.1 Å². The summed E-state index contributed by atoms with van der Waals surface area (Å²) in [6.45, 7) is 3.27. The number of imide groups is 1. The molecule has 9 heteroatoms. The van der Waals surface area contributed by atoms with Crippen molar-refractivity contribution in [2.24, 2.45) is 5.73 Å². The molecule has 3 rings (SSSR count). The topological polar surface area (TPSA) is 128 Å². The number of rotatable bonds is 1. The first-order valence-corrected chi connectivity index (χ1v) is 8.20. The Morgan fingerprint density at radius 3 is 1.88 bits per heavy atom. The van der Waals surface area contributed by atoms with Crippen molar-refractivity contribution in [3.8, 4) is 0 Å². The molecule has 24 heavy (non-hydrogen) atoms. The van der Waals surface area contributed by atoms with E-state index in [1.165, 1.54) is 0 Å². The van der Waals surface area contributed by atoms with Crippen LogP contribution < -0.4 is 16.4 Å². The molecule has 0 saturated carbocycles. The van der Waals surface area contributed by atoms with Gasteiger partial charge in [-0.25, -0.2) is 4.79 Å². The molecule has 0 aromatic rings. The number of carboxylic acid groups (broad SMARTS) is 1. The highest BCUT2D eigenvalue weighted by Gasteiger charge is 2.47. The van der Waals surface area contributed by atoms with Crippen LogP contribution in [0.4, 0.5) is 4.79 Å². The van der Waals surface area contributed by atoms with Crippen molar-refractivity contribution >= 4 is 17.9 Å². The first-order chi connectivity index (χ1) is 11.2. The van der Waals surface area contributed by atoms with Crippen molar-refractivity contribution in [1.82, 2.24) is 20.4 Å². The molecule has 3 heterocycles. The van der Waals surface area contributed by atoms with E-state index in [4.69, 9.17) is 10.8 Å². The van der Waals surface area contributed by atoms with Crippen LogP contribution in [-0.2, 0) is 9.59 Å². The molecule has 3 aliphatic rings. The lowest BCUT2D eigenvalue weighted by Crippen LogP contribution is -2.54. The molecule has 0 atom stereocenters. The summed E-state index contributed by atoms with van der Waals surface area (Å²) in [6.07, 6.45) is 2.53. The molecule has 0 unspecified atom stereocenters. The number of carboxylic acids is 1. The number of urea groups is 1. The maximum atomic E-state index is 11.5. The van der Waals surface area contributed by atoms with E-state index in [9.17, 15) is 14.4 Å². The van der Waals surface area contributed by atoms with Gasteiger partial charge in [-0.2, -0.15) is 0 Å². The lowest BCUT2D eigenvalue weighted by atomic mass is 9.88. The van der Waals surface area contributed by atoms with E-state index in [-0.39, 0.29) is 11.9 Å². The number of hydrogen-bond donors (Lipinski definition) is 4. The van der Waals surface area contributed by atoms with Crippen LogP contribution in [0.1, 0.15) is 25.7 Å².